The molecule has 5 heteroatoms. The number of aryl methyl sites for hydroxylation is 2. The lowest BCUT2D eigenvalue weighted by atomic mass is 9.99. The Morgan fingerprint density at radius 1 is 1.36 bits per heavy atom. The zero-order valence-corrected chi connectivity index (χ0v) is 13.9. The van der Waals surface area contributed by atoms with Crippen molar-refractivity contribution < 1.29 is 4.79 Å². The third-order valence-corrected chi connectivity index (χ3v) is 5.19. The number of fused-ring (bicyclic) bond motifs is 1. The van der Waals surface area contributed by atoms with E-state index in [1.54, 1.807) is 17.5 Å². The topological polar surface area (TPSA) is 45.2 Å². The molecule has 2 aromatic heterocycles. The summed E-state index contributed by atoms with van der Waals surface area (Å²) in [6.07, 6.45) is 6.50. The van der Waals surface area contributed by atoms with Gasteiger partial charge < -0.3 is 10.2 Å². The number of nitrogens with one attached hydrogen (secondary N) is 1. The minimum absolute atomic E-state index is 0.0213. The van der Waals surface area contributed by atoms with E-state index in [1.807, 2.05) is 31.1 Å². The third-order valence-electron chi connectivity index (χ3n) is 3.95. The van der Waals surface area contributed by atoms with Crippen molar-refractivity contribution >= 4 is 23.1 Å². The molecule has 1 N–H and O–H groups in total. The van der Waals surface area contributed by atoms with Crippen LogP contribution in [0.4, 0.5) is 5.82 Å². The highest BCUT2D eigenvalue weighted by molar-refractivity contribution is 7.14. The molecule has 22 heavy (non-hydrogen) atoms. The van der Waals surface area contributed by atoms with Crippen LogP contribution in [0, 0.1) is 0 Å². The molecule has 116 valence electrons. The molecule has 0 saturated carbocycles. The molecule has 0 atom stereocenters. The maximum atomic E-state index is 12.4. The summed E-state index contributed by atoms with van der Waals surface area (Å²) in [6, 6.07) is 5.98. The van der Waals surface area contributed by atoms with E-state index < -0.39 is 0 Å². The normalized spacial score (nSPS) is 13.5. The molecule has 0 aliphatic heterocycles. The third kappa shape index (κ3) is 3.14. The van der Waals surface area contributed by atoms with Crippen molar-refractivity contribution in [2.45, 2.75) is 32.2 Å². The number of nitrogens with zero attached hydrogens (tertiary/aromatic N) is 2. The summed E-state index contributed by atoms with van der Waals surface area (Å²) in [7, 11) is 3.92. The number of amides is 1. The van der Waals surface area contributed by atoms with E-state index in [2.05, 4.69) is 16.4 Å². The smallest absolute Gasteiger partial charge is 0.261 e. The van der Waals surface area contributed by atoms with Gasteiger partial charge in [0, 0.05) is 37.3 Å². The Morgan fingerprint density at radius 3 is 2.95 bits per heavy atom. The lowest BCUT2D eigenvalue weighted by Crippen LogP contribution is -2.23. The number of hydrogen-bond acceptors (Lipinski definition) is 4. The molecule has 0 unspecified atom stereocenters. The van der Waals surface area contributed by atoms with E-state index in [4.69, 9.17) is 0 Å². The Hall–Kier alpha value is -1.88. The van der Waals surface area contributed by atoms with Crippen LogP contribution in [-0.4, -0.2) is 25.0 Å². The van der Waals surface area contributed by atoms with Crippen LogP contribution in [0.5, 0.6) is 0 Å². The van der Waals surface area contributed by atoms with Crippen molar-refractivity contribution in [1.29, 1.82) is 0 Å². The van der Waals surface area contributed by atoms with Gasteiger partial charge in [0.1, 0.15) is 5.82 Å². The standard InChI is InChI=1S/C17H21N3OS/c1-20(2)16-13(7-5-9-18-16)11-19-17(21)15-10-12-6-3-4-8-14(12)22-15/h5,7,9-10H,3-4,6,8,11H2,1-2H3,(H,19,21). The first-order valence-electron chi connectivity index (χ1n) is 7.66. The summed E-state index contributed by atoms with van der Waals surface area (Å²) < 4.78 is 0. The van der Waals surface area contributed by atoms with Crippen LogP contribution in [0.25, 0.3) is 0 Å². The molecule has 0 aromatic carbocycles. The monoisotopic (exact) mass is 315 g/mol. The molecule has 2 heterocycles. The van der Waals surface area contributed by atoms with E-state index in [1.165, 1.54) is 23.3 Å². The van der Waals surface area contributed by atoms with E-state index in [0.717, 1.165) is 29.1 Å². The van der Waals surface area contributed by atoms with Crippen molar-refractivity contribution in [2.75, 3.05) is 19.0 Å². The van der Waals surface area contributed by atoms with Gasteiger partial charge >= 0.3 is 0 Å². The maximum absolute atomic E-state index is 12.4. The fraction of sp³-hybridized carbons (Fsp3) is 0.412. The molecule has 0 radical (unpaired) electrons. The Kier molecular flexibility index (Phi) is 4.43. The second kappa shape index (κ2) is 6.48. The predicted octanol–water partition coefficient (Wildman–Crippen LogP) is 3.02. The zero-order chi connectivity index (χ0) is 15.5. The van der Waals surface area contributed by atoms with Gasteiger partial charge in [0.15, 0.2) is 0 Å². The fourth-order valence-electron chi connectivity index (χ4n) is 2.84. The van der Waals surface area contributed by atoms with Crippen LogP contribution in [0.15, 0.2) is 24.4 Å². The number of aromatic nitrogens is 1. The Morgan fingerprint density at radius 2 is 2.18 bits per heavy atom. The molecule has 1 aliphatic rings. The molecule has 1 aliphatic carbocycles. The van der Waals surface area contributed by atoms with Gasteiger partial charge in [-0.25, -0.2) is 4.98 Å². The van der Waals surface area contributed by atoms with E-state index >= 15 is 0 Å². The first-order valence-corrected chi connectivity index (χ1v) is 8.48. The van der Waals surface area contributed by atoms with E-state index in [0.29, 0.717) is 6.54 Å². The van der Waals surface area contributed by atoms with Crippen LogP contribution in [0.3, 0.4) is 0 Å². The molecule has 2 aromatic rings. The number of carbonyl (C=O) groups excluding carboxylic acids is 1. The Balaban J connectivity index is 1.69. The van der Waals surface area contributed by atoms with E-state index in [-0.39, 0.29) is 5.91 Å². The quantitative estimate of drug-likeness (QED) is 0.943. The Labute approximate surface area is 135 Å². The van der Waals surface area contributed by atoms with Crippen molar-refractivity contribution in [1.82, 2.24) is 10.3 Å². The minimum atomic E-state index is 0.0213. The first kappa shape index (κ1) is 15.0. The number of pyridine rings is 1. The number of hydrogen-bond donors (Lipinski definition) is 1. The van der Waals surface area contributed by atoms with Crippen LogP contribution >= 0.6 is 11.3 Å². The average molecular weight is 315 g/mol. The molecular weight excluding hydrogens is 294 g/mol. The lowest BCUT2D eigenvalue weighted by Gasteiger charge is -2.15. The van der Waals surface area contributed by atoms with Gasteiger partial charge in [0.05, 0.1) is 4.88 Å². The van der Waals surface area contributed by atoms with Crippen molar-refractivity contribution in [3.8, 4) is 0 Å². The Bertz CT molecular complexity index is 655. The van der Waals surface area contributed by atoms with Crippen LogP contribution in [0.1, 0.15) is 38.5 Å². The summed E-state index contributed by atoms with van der Waals surface area (Å²) in [5.41, 5.74) is 2.40. The summed E-state index contributed by atoms with van der Waals surface area (Å²) in [4.78, 5) is 20.9. The highest BCUT2D eigenvalue weighted by Crippen LogP contribution is 2.29. The summed E-state index contributed by atoms with van der Waals surface area (Å²) >= 11 is 1.65. The van der Waals surface area contributed by atoms with Crippen molar-refractivity contribution in [2.24, 2.45) is 0 Å². The molecule has 0 bridgehead atoms. The van der Waals surface area contributed by atoms with Crippen molar-refractivity contribution in [3.05, 3.63) is 45.3 Å². The maximum Gasteiger partial charge on any atom is 0.261 e. The fourth-order valence-corrected chi connectivity index (χ4v) is 4.01. The number of rotatable bonds is 4. The molecule has 1 amide bonds. The van der Waals surface area contributed by atoms with Crippen LogP contribution in [0.2, 0.25) is 0 Å². The first-order chi connectivity index (χ1) is 10.6. The van der Waals surface area contributed by atoms with Crippen LogP contribution < -0.4 is 10.2 Å². The SMILES string of the molecule is CN(C)c1ncccc1CNC(=O)c1cc2c(s1)CCCC2. The lowest BCUT2D eigenvalue weighted by molar-refractivity contribution is 0.0955. The number of anilines is 1. The highest BCUT2D eigenvalue weighted by Gasteiger charge is 2.17. The van der Waals surface area contributed by atoms with Gasteiger partial charge in [0.25, 0.3) is 5.91 Å². The second-order valence-corrected chi connectivity index (χ2v) is 6.97. The van der Waals surface area contributed by atoms with Crippen LogP contribution in [-0.2, 0) is 19.4 Å². The minimum Gasteiger partial charge on any atom is -0.362 e. The van der Waals surface area contributed by atoms with Gasteiger partial charge in [0.2, 0.25) is 0 Å². The predicted molar refractivity (Wildman–Crippen MR) is 90.7 cm³/mol. The van der Waals surface area contributed by atoms with Gasteiger partial charge in [-0.05, 0) is 43.4 Å². The largest absolute Gasteiger partial charge is 0.362 e. The molecule has 0 spiro atoms. The summed E-state index contributed by atoms with van der Waals surface area (Å²) in [5, 5.41) is 3.02. The van der Waals surface area contributed by atoms with Gasteiger partial charge in [-0.15, -0.1) is 11.3 Å². The molecule has 3 rings (SSSR count). The number of carbonyl (C=O) groups is 1. The van der Waals surface area contributed by atoms with Crippen molar-refractivity contribution in [3.63, 3.8) is 0 Å². The molecule has 4 nitrogen and oxygen atoms in total. The van der Waals surface area contributed by atoms with Gasteiger partial charge in [-0.3, -0.25) is 4.79 Å². The van der Waals surface area contributed by atoms with E-state index in [9.17, 15) is 4.79 Å². The molecule has 0 fully saturated rings. The van der Waals surface area contributed by atoms with Gasteiger partial charge in [-0.1, -0.05) is 6.07 Å². The summed E-state index contributed by atoms with van der Waals surface area (Å²) in [6.45, 7) is 0.503. The molecule has 0 saturated heterocycles. The highest BCUT2D eigenvalue weighted by atomic mass is 32.1. The number of thiophene rings is 1. The zero-order valence-electron chi connectivity index (χ0n) is 13.1. The van der Waals surface area contributed by atoms with Gasteiger partial charge in [-0.2, -0.15) is 0 Å². The average Bonchev–Trinajstić information content (AvgIpc) is 2.97. The summed E-state index contributed by atoms with van der Waals surface area (Å²) in [5.74, 6) is 0.918. The molecular formula is C17H21N3OS. The second-order valence-electron chi connectivity index (χ2n) is 5.83.